The average Bonchev–Trinajstić information content (AvgIpc) is 2.31. The van der Waals surface area contributed by atoms with Gasteiger partial charge in [-0.05, 0) is 18.6 Å². The first-order chi connectivity index (χ1) is 8.43. The summed E-state index contributed by atoms with van der Waals surface area (Å²) in [5.41, 5.74) is 1.20. The first-order valence-electron chi connectivity index (χ1n) is 5.00. The van der Waals surface area contributed by atoms with Crippen LogP contribution >= 0.6 is 11.6 Å². The number of carbonyl (C=O) groups excluding carboxylic acids is 1. The van der Waals surface area contributed by atoms with Gasteiger partial charge in [0.05, 0.1) is 12.8 Å². The fraction of sp³-hybridized carbons (Fsp3) is 0.167. The summed E-state index contributed by atoms with van der Waals surface area (Å²) in [5, 5.41) is 11.4. The Kier molecular flexibility index (Phi) is 4.74. The van der Waals surface area contributed by atoms with E-state index >= 15 is 0 Å². The molecule has 0 aliphatic rings. The molecule has 2 N–H and O–H groups in total. The van der Waals surface area contributed by atoms with Crippen LogP contribution in [0.5, 0.6) is 5.75 Å². The number of nitrogens with one attached hydrogen (secondary N) is 1. The summed E-state index contributed by atoms with van der Waals surface area (Å²) >= 11 is 5.92. The number of aliphatic carboxylic acids is 1. The lowest BCUT2D eigenvalue weighted by Gasteiger charge is -2.10. The SMILES string of the molecule is COc1cc(Cl)c(C)cc1NC(=O)/C=C/C(=O)O. The lowest BCUT2D eigenvalue weighted by Crippen LogP contribution is -2.10. The van der Waals surface area contributed by atoms with Gasteiger partial charge in [0.2, 0.25) is 5.91 Å². The lowest BCUT2D eigenvalue weighted by molar-refractivity contribution is -0.131. The van der Waals surface area contributed by atoms with Crippen molar-refractivity contribution in [1.82, 2.24) is 0 Å². The highest BCUT2D eigenvalue weighted by Gasteiger charge is 2.08. The van der Waals surface area contributed by atoms with E-state index in [0.717, 1.165) is 17.7 Å². The van der Waals surface area contributed by atoms with E-state index in [-0.39, 0.29) is 0 Å². The van der Waals surface area contributed by atoms with Gasteiger partial charge in [-0.2, -0.15) is 0 Å². The van der Waals surface area contributed by atoms with Crippen LogP contribution in [0.25, 0.3) is 0 Å². The van der Waals surface area contributed by atoms with Gasteiger partial charge >= 0.3 is 5.97 Å². The van der Waals surface area contributed by atoms with Gasteiger partial charge in [0, 0.05) is 23.2 Å². The van der Waals surface area contributed by atoms with Gasteiger partial charge in [-0.15, -0.1) is 0 Å². The van der Waals surface area contributed by atoms with Gasteiger partial charge in [-0.3, -0.25) is 4.79 Å². The molecule has 1 aromatic carbocycles. The lowest BCUT2D eigenvalue weighted by atomic mass is 10.2. The van der Waals surface area contributed by atoms with Crippen molar-refractivity contribution in [1.29, 1.82) is 0 Å². The Balaban J connectivity index is 2.93. The van der Waals surface area contributed by atoms with E-state index in [2.05, 4.69) is 5.32 Å². The van der Waals surface area contributed by atoms with Gasteiger partial charge < -0.3 is 15.2 Å². The molecular weight excluding hydrogens is 258 g/mol. The van der Waals surface area contributed by atoms with Crippen molar-refractivity contribution in [3.8, 4) is 5.75 Å². The summed E-state index contributed by atoms with van der Waals surface area (Å²) in [6.07, 6.45) is 1.68. The number of ether oxygens (including phenoxy) is 1. The monoisotopic (exact) mass is 269 g/mol. The molecule has 0 fully saturated rings. The summed E-state index contributed by atoms with van der Waals surface area (Å²) < 4.78 is 5.07. The Morgan fingerprint density at radius 2 is 2.06 bits per heavy atom. The van der Waals surface area contributed by atoms with Gasteiger partial charge in [-0.25, -0.2) is 4.79 Å². The van der Waals surface area contributed by atoms with Crippen LogP contribution in [0.2, 0.25) is 5.02 Å². The minimum absolute atomic E-state index is 0.405. The Morgan fingerprint density at radius 1 is 1.39 bits per heavy atom. The number of carbonyl (C=O) groups is 2. The van der Waals surface area contributed by atoms with Crippen LogP contribution in [0.15, 0.2) is 24.3 Å². The van der Waals surface area contributed by atoms with Gasteiger partial charge in [0.1, 0.15) is 5.75 Å². The van der Waals surface area contributed by atoms with Gasteiger partial charge in [0.25, 0.3) is 0 Å². The molecular formula is C12H12ClNO4. The number of hydrogen-bond donors (Lipinski definition) is 2. The van der Waals surface area contributed by atoms with E-state index in [1.165, 1.54) is 7.11 Å². The molecule has 18 heavy (non-hydrogen) atoms. The highest BCUT2D eigenvalue weighted by atomic mass is 35.5. The van der Waals surface area contributed by atoms with Crippen molar-refractivity contribution in [2.45, 2.75) is 6.92 Å². The minimum Gasteiger partial charge on any atom is -0.495 e. The van der Waals surface area contributed by atoms with Crippen molar-refractivity contribution >= 4 is 29.2 Å². The van der Waals surface area contributed by atoms with E-state index in [0.29, 0.717) is 16.5 Å². The number of halogens is 1. The number of amides is 1. The van der Waals surface area contributed by atoms with Crippen molar-refractivity contribution in [3.63, 3.8) is 0 Å². The van der Waals surface area contributed by atoms with E-state index < -0.39 is 11.9 Å². The number of benzene rings is 1. The Labute approximate surface area is 109 Å². The summed E-state index contributed by atoms with van der Waals surface area (Å²) in [6, 6.07) is 3.22. The maximum Gasteiger partial charge on any atom is 0.328 e. The van der Waals surface area contributed by atoms with Crippen molar-refractivity contribution < 1.29 is 19.4 Å². The van der Waals surface area contributed by atoms with Crippen molar-refractivity contribution in [2.24, 2.45) is 0 Å². The minimum atomic E-state index is -1.19. The second-order valence-corrected chi connectivity index (χ2v) is 3.87. The van der Waals surface area contributed by atoms with Crippen LogP contribution in [0.4, 0.5) is 5.69 Å². The maximum absolute atomic E-state index is 11.4. The fourth-order valence-electron chi connectivity index (χ4n) is 1.25. The molecule has 1 amide bonds. The highest BCUT2D eigenvalue weighted by Crippen LogP contribution is 2.30. The van der Waals surface area contributed by atoms with Crippen LogP contribution in [0, 0.1) is 6.92 Å². The zero-order valence-electron chi connectivity index (χ0n) is 9.86. The van der Waals surface area contributed by atoms with Gasteiger partial charge in [0.15, 0.2) is 0 Å². The highest BCUT2D eigenvalue weighted by molar-refractivity contribution is 6.31. The number of hydrogen-bond acceptors (Lipinski definition) is 3. The van der Waals surface area contributed by atoms with Crippen LogP contribution < -0.4 is 10.1 Å². The van der Waals surface area contributed by atoms with Crippen LogP contribution in [0.3, 0.4) is 0 Å². The first-order valence-corrected chi connectivity index (χ1v) is 5.38. The third-order valence-corrected chi connectivity index (χ3v) is 2.52. The quantitative estimate of drug-likeness (QED) is 0.822. The van der Waals surface area contributed by atoms with Crippen LogP contribution in [-0.4, -0.2) is 24.1 Å². The molecule has 0 saturated carbocycles. The molecule has 0 saturated heterocycles. The standard InChI is InChI=1S/C12H12ClNO4/c1-7-5-9(10(18-2)6-8(7)13)14-11(15)3-4-12(16)17/h3-6H,1-2H3,(H,14,15)(H,16,17)/b4-3+. The fourth-order valence-corrected chi connectivity index (χ4v) is 1.40. The Bertz CT molecular complexity index is 511. The number of methoxy groups -OCH3 is 1. The topological polar surface area (TPSA) is 75.6 Å². The molecule has 96 valence electrons. The van der Waals surface area contributed by atoms with E-state index in [1.54, 1.807) is 19.1 Å². The predicted molar refractivity (Wildman–Crippen MR) is 68.1 cm³/mol. The molecule has 0 heterocycles. The van der Waals surface area contributed by atoms with Crippen molar-refractivity contribution in [3.05, 3.63) is 34.9 Å². The molecule has 1 rings (SSSR count). The molecule has 5 nitrogen and oxygen atoms in total. The molecule has 0 unspecified atom stereocenters. The molecule has 0 aliphatic carbocycles. The molecule has 0 aliphatic heterocycles. The van der Waals surface area contributed by atoms with Crippen molar-refractivity contribution in [2.75, 3.05) is 12.4 Å². The predicted octanol–water partition coefficient (Wildman–Crippen LogP) is 2.24. The largest absolute Gasteiger partial charge is 0.495 e. The third kappa shape index (κ3) is 3.78. The van der Waals surface area contributed by atoms with E-state index in [9.17, 15) is 9.59 Å². The smallest absolute Gasteiger partial charge is 0.328 e. The Morgan fingerprint density at radius 3 is 2.61 bits per heavy atom. The zero-order chi connectivity index (χ0) is 13.7. The molecule has 6 heteroatoms. The summed E-state index contributed by atoms with van der Waals surface area (Å²) in [5.74, 6) is -1.34. The molecule has 0 bridgehead atoms. The van der Waals surface area contributed by atoms with Gasteiger partial charge in [-0.1, -0.05) is 11.6 Å². The summed E-state index contributed by atoms with van der Waals surface area (Å²) in [4.78, 5) is 21.7. The molecule has 0 atom stereocenters. The van der Waals surface area contributed by atoms with E-state index in [1.807, 2.05) is 0 Å². The second-order valence-electron chi connectivity index (χ2n) is 3.46. The molecule has 1 aromatic rings. The third-order valence-electron chi connectivity index (χ3n) is 2.12. The number of rotatable bonds is 4. The number of aryl methyl sites for hydroxylation is 1. The van der Waals surface area contributed by atoms with Crippen LogP contribution in [0.1, 0.15) is 5.56 Å². The Hall–Kier alpha value is -2.01. The zero-order valence-corrected chi connectivity index (χ0v) is 10.6. The summed E-state index contributed by atoms with van der Waals surface area (Å²) in [6.45, 7) is 1.78. The van der Waals surface area contributed by atoms with Crippen LogP contribution in [-0.2, 0) is 9.59 Å². The first kappa shape index (κ1) is 14.1. The second kappa shape index (κ2) is 6.07. The summed E-state index contributed by atoms with van der Waals surface area (Å²) in [7, 11) is 1.45. The van der Waals surface area contributed by atoms with E-state index in [4.69, 9.17) is 21.4 Å². The normalized spacial score (nSPS) is 10.4. The molecule has 0 radical (unpaired) electrons. The maximum atomic E-state index is 11.4. The number of anilines is 1. The molecule has 0 spiro atoms. The number of carboxylic acid groups (broad SMARTS) is 1. The average molecular weight is 270 g/mol. The molecule has 0 aromatic heterocycles. The number of carboxylic acids is 1.